The summed E-state index contributed by atoms with van der Waals surface area (Å²) >= 11 is 0. The average molecular weight is 565 g/mol. The molecule has 0 aromatic heterocycles. The van der Waals surface area contributed by atoms with Crippen LogP contribution in [0.15, 0.2) is 12.2 Å². The van der Waals surface area contributed by atoms with Crippen LogP contribution in [0.2, 0.25) is 0 Å². The normalized spacial score (nSPS) is 19.4. The monoisotopic (exact) mass is 564 g/mol. The first-order chi connectivity index (χ1) is 18.8. The molecule has 0 saturated carbocycles. The number of hydrogen-bond donors (Lipinski definition) is 2. The molecule has 2 fully saturated rings. The van der Waals surface area contributed by atoms with Crippen molar-refractivity contribution in [1.29, 1.82) is 0 Å². The molecule has 0 spiro atoms. The minimum atomic E-state index is -1.04. The van der Waals surface area contributed by atoms with Crippen LogP contribution in [0.4, 0.5) is 4.79 Å². The number of aliphatic carboxylic acids is 1. The van der Waals surface area contributed by atoms with Gasteiger partial charge < -0.3 is 25.0 Å². The molecule has 2 rings (SSSR count). The minimum absolute atomic E-state index is 0.0431. The van der Waals surface area contributed by atoms with Gasteiger partial charge in [0.25, 0.3) is 0 Å². The number of unbranched alkanes of at least 4 members (excludes halogenated alkanes) is 3. The van der Waals surface area contributed by atoms with Crippen LogP contribution in [0.3, 0.4) is 0 Å². The van der Waals surface area contributed by atoms with Gasteiger partial charge in [0.05, 0.1) is 19.1 Å². The number of likely N-dealkylation sites (tertiary alicyclic amines) is 2. The molecule has 3 atom stereocenters. The summed E-state index contributed by atoms with van der Waals surface area (Å²) < 4.78 is 5.62. The Balaban J connectivity index is 1.90. The number of hydrogen-bond acceptors (Lipinski definition) is 7. The maximum Gasteiger partial charge on any atom is 0.407 e. The van der Waals surface area contributed by atoms with Crippen molar-refractivity contribution < 1.29 is 33.8 Å². The first-order valence-electron chi connectivity index (χ1n) is 14.5. The second-order valence-electron chi connectivity index (χ2n) is 11.9. The number of likely N-dealkylation sites (N-methyl/N-ethyl adjacent to an activating group) is 1. The van der Waals surface area contributed by atoms with E-state index in [9.17, 15) is 29.1 Å². The number of carbonyl (C=O) groups excluding carboxylic acids is 4. The van der Waals surface area contributed by atoms with Gasteiger partial charge in [-0.05, 0) is 39.2 Å². The number of ether oxygens (including phenoxy) is 1. The van der Waals surface area contributed by atoms with Gasteiger partial charge in [-0.2, -0.15) is 0 Å². The van der Waals surface area contributed by atoms with Crippen LogP contribution in [0.25, 0.3) is 0 Å². The lowest BCUT2D eigenvalue weighted by molar-refractivity contribution is -0.142. The number of alkyl carbamates (subject to hydrolysis) is 1. The van der Waals surface area contributed by atoms with Crippen molar-refractivity contribution in [2.24, 2.45) is 5.41 Å². The summed E-state index contributed by atoms with van der Waals surface area (Å²) in [6.45, 7) is 8.75. The molecule has 11 nitrogen and oxygen atoms in total. The van der Waals surface area contributed by atoms with Crippen LogP contribution >= 0.6 is 0 Å². The van der Waals surface area contributed by atoms with E-state index in [-0.39, 0.29) is 24.8 Å². The lowest BCUT2D eigenvalue weighted by Gasteiger charge is -2.33. The van der Waals surface area contributed by atoms with Gasteiger partial charge in [0.1, 0.15) is 18.7 Å². The molecule has 2 aliphatic heterocycles. The Labute approximate surface area is 238 Å². The topological polar surface area (TPSA) is 137 Å². The number of carboxylic acids is 1. The molecule has 2 N–H and O–H groups in total. The number of nitrogens with zero attached hydrogens (tertiary/aromatic N) is 3. The number of carboxylic acid groups (broad SMARTS) is 1. The molecule has 2 aliphatic rings. The van der Waals surface area contributed by atoms with E-state index in [1.54, 1.807) is 18.0 Å². The predicted molar refractivity (Wildman–Crippen MR) is 151 cm³/mol. The highest BCUT2D eigenvalue weighted by atomic mass is 16.6. The fraction of sp³-hybridized carbons (Fsp3) is 0.759. The summed E-state index contributed by atoms with van der Waals surface area (Å²) in [7, 11) is 1.59. The van der Waals surface area contributed by atoms with E-state index < -0.39 is 41.6 Å². The van der Waals surface area contributed by atoms with E-state index >= 15 is 0 Å². The van der Waals surface area contributed by atoms with Crippen LogP contribution in [0, 0.1) is 5.41 Å². The molecular formula is C29H48N4O7. The Kier molecular flexibility index (Phi) is 13.1. The number of allylic oxidation sites excluding steroid dienone is 1. The largest absolute Gasteiger partial charge is 0.480 e. The molecule has 11 heteroatoms. The van der Waals surface area contributed by atoms with E-state index in [4.69, 9.17) is 4.74 Å². The highest BCUT2D eigenvalue weighted by Crippen LogP contribution is 2.25. The third kappa shape index (κ3) is 10.2. The van der Waals surface area contributed by atoms with Crippen LogP contribution in [-0.2, 0) is 23.9 Å². The summed E-state index contributed by atoms with van der Waals surface area (Å²) in [5.41, 5.74) is -0.415. The fourth-order valence-corrected chi connectivity index (χ4v) is 5.01. The smallest absolute Gasteiger partial charge is 0.407 e. The molecule has 40 heavy (non-hydrogen) atoms. The van der Waals surface area contributed by atoms with Gasteiger partial charge >= 0.3 is 12.1 Å². The van der Waals surface area contributed by atoms with Crippen molar-refractivity contribution >= 4 is 29.7 Å². The lowest BCUT2D eigenvalue weighted by atomic mass is 9.88. The maximum absolute atomic E-state index is 13.1. The lowest BCUT2D eigenvalue weighted by Crippen LogP contribution is -2.50. The molecule has 2 heterocycles. The standard InChI is InChI=1S/C29H48N4O7/c1-6-7-8-9-10-13-22(27(37)38)31(5)19-23(34)21-14-11-17-33(21)26(36)18-30-28(39)40-24(29(2,3)4)20-32-16-12-15-25(32)35/h10,13,21-22,24H,6-9,11-12,14-20H2,1-5H3,(H,30,39)(H,37,38)/b13-10-/t21-,22?,24+/m0/s1. The van der Waals surface area contributed by atoms with Gasteiger partial charge in [-0.1, -0.05) is 52.7 Å². The Morgan fingerprint density at radius 2 is 1.90 bits per heavy atom. The van der Waals surface area contributed by atoms with Gasteiger partial charge in [0, 0.05) is 24.9 Å². The Hall–Kier alpha value is -2.95. The van der Waals surface area contributed by atoms with Crippen molar-refractivity contribution in [2.75, 3.05) is 39.8 Å². The molecule has 2 saturated heterocycles. The molecule has 1 unspecified atom stereocenters. The molecule has 226 valence electrons. The Morgan fingerprint density at radius 3 is 2.50 bits per heavy atom. The highest BCUT2D eigenvalue weighted by Gasteiger charge is 2.36. The van der Waals surface area contributed by atoms with Gasteiger partial charge in [-0.25, -0.2) is 4.79 Å². The Morgan fingerprint density at radius 1 is 1.18 bits per heavy atom. The first kappa shape index (κ1) is 33.3. The Bertz CT molecular complexity index is 930. The van der Waals surface area contributed by atoms with Gasteiger partial charge in [-0.3, -0.25) is 24.1 Å². The zero-order valence-corrected chi connectivity index (χ0v) is 24.8. The van der Waals surface area contributed by atoms with E-state index in [0.29, 0.717) is 38.9 Å². The molecule has 3 amide bonds. The van der Waals surface area contributed by atoms with E-state index in [1.807, 2.05) is 26.8 Å². The van der Waals surface area contributed by atoms with Crippen LogP contribution in [-0.4, -0.2) is 107 Å². The average Bonchev–Trinajstić information content (AvgIpc) is 3.52. The molecule has 0 radical (unpaired) electrons. The third-order valence-electron chi connectivity index (χ3n) is 7.53. The quantitative estimate of drug-likeness (QED) is 0.229. The highest BCUT2D eigenvalue weighted by molar-refractivity contribution is 5.92. The van der Waals surface area contributed by atoms with Crippen LogP contribution in [0.5, 0.6) is 0 Å². The van der Waals surface area contributed by atoms with Crippen LogP contribution in [0.1, 0.15) is 79.1 Å². The van der Waals surface area contributed by atoms with Gasteiger partial charge in [-0.15, -0.1) is 0 Å². The zero-order chi connectivity index (χ0) is 29.9. The zero-order valence-electron chi connectivity index (χ0n) is 24.8. The number of carbonyl (C=O) groups is 5. The number of rotatable bonds is 15. The van der Waals surface area contributed by atoms with Crippen molar-refractivity contribution in [3.8, 4) is 0 Å². The van der Waals surface area contributed by atoms with Crippen molar-refractivity contribution in [3.63, 3.8) is 0 Å². The minimum Gasteiger partial charge on any atom is -0.480 e. The molecule has 0 bridgehead atoms. The third-order valence-corrected chi connectivity index (χ3v) is 7.53. The van der Waals surface area contributed by atoms with Crippen molar-refractivity contribution in [2.45, 2.75) is 97.2 Å². The van der Waals surface area contributed by atoms with Gasteiger partial charge in [0.15, 0.2) is 5.78 Å². The predicted octanol–water partition coefficient (Wildman–Crippen LogP) is 2.83. The second-order valence-corrected chi connectivity index (χ2v) is 11.9. The molecule has 0 aromatic rings. The molecular weight excluding hydrogens is 516 g/mol. The number of Topliss-reactive ketones (excluding diaryl/α,β-unsaturated/α-hetero) is 1. The van der Waals surface area contributed by atoms with Gasteiger partial charge in [0.2, 0.25) is 11.8 Å². The number of amides is 3. The molecule has 0 aliphatic carbocycles. The molecule has 0 aromatic carbocycles. The second kappa shape index (κ2) is 15.7. The van der Waals surface area contributed by atoms with Crippen molar-refractivity contribution in [3.05, 3.63) is 12.2 Å². The summed E-state index contributed by atoms with van der Waals surface area (Å²) in [5, 5.41) is 12.2. The van der Waals surface area contributed by atoms with E-state index in [0.717, 1.165) is 32.1 Å². The summed E-state index contributed by atoms with van der Waals surface area (Å²) in [5.74, 6) is -1.62. The first-order valence-corrected chi connectivity index (χ1v) is 14.5. The number of ketones is 1. The van der Waals surface area contributed by atoms with E-state index in [1.165, 1.54) is 9.80 Å². The summed E-state index contributed by atoms with van der Waals surface area (Å²) in [6.07, 6.45) is 8.49. The van der Waals surface area contributed by atoms with Crippen LogP contribution < -0.4 is 5.32 Å². The summed E-state index contributed by atoms with van der Waals surface area (Å²) in [6, 6.07) is -1.60. The number of nitrogens with one attached hydrogen (secondary N) is 1. The van der Waals surface area contributed by atoms with Crippen molar-refractivity contribution in [1.82, 2.24) is 20.0 Å². The fourth-order valence-electron chi connectivity index (χ4n) is 5.01. The maximum atomic E-state index is 13.1. The van der Waals surface area contributed by atoms with E-state index in [2.05, 4.69) is 12.2 Å². The summed E-state index contributed by atoms with van der Waals surface area (Å²) in [4.78, 5) is 67.1. The SMILES string of the molecule is CCCCC/C=C\C(C(=O)O)N(C)CC(=O)[C@@H]1CCCN1C(=O)CNC(=O)O[C@H](CN1CCCC1=O)C(C)(C)C.